The molecule has 0 fully saturated rings. The van der Waals surface area contributed by atoms with E-state index < -0.39 is 5.41 Å². The van der Waals surface area contributed by atoms with Gasteiger partial charge in [-0.05, 0) is 109 Å². The molecule has 58 heavy (non-hydrogen) atoms. The molecule has 0 bridgehead atoms. The van der Waals surface area contributed by atoms with Crippen molar-refractivity contribution in [2.75, 3.05) is 4.90 Å². The first-order valence-electron chi connectivity index (χ1n) is 20.5. The van der Waals surface area contributed by atoms with Crippen LogP contribution < -0.4 is 4.90 Å². The monoisotopic (exact) mass is 747 g/mol. The summed E-state index contributed by atoms with van der Waals surface area (Å²) in [5.74, 6) is 0. The fourth-order valence-corrected chi connectivity index (χ4v) is 10.3. The van der Waals surface area contributed by atoms with Gasteiger partial charge in [0.05, 0.1) is 16.5 Å². The first kappa shape index (κ1) is 34.6. The van der Waals surface area contributed by atoms with Crippen LogP contribution in [0.3, 0.4) is 0 Å². The molecule has 0 saturated heterocycles. The van der Waals surface area contributed by atoms with E-state index in [9.17, 15) is 0 Å². The summed E-state index contributed by atoms with van der Waals surface area (Å²) in [4.78, 5) is 2.48. The van der Waals surface area contributed by atoms with Gasteiger partial charge >= 0.3 is 0 Å². The van der Waals surface area contributed by atoms with E-state index in [1.807, 2.05) is 0 Å². The molecule has 280 valence electrons. The summed E-state index contributed by atoms with van der Waals surface area (Å²) in [6, 6.07) is 67.6. The Balaban J connectivity index is 1.20. The smallest absolute Gasteiger partial charge is 0.137 e. The molecule has 0 atom stereocenters. The van der Waals surface area contributed by atoms with E-state index in [1.165, 1.54) is 61.2 Å². The van der Waals surface area contributed by atoms with Crippen molar-refractivity contribution in [2.45, 2.75) is 50.9 Å². The van der Waals surface area contributed by atoms with Crippen LogP contribution in [0.4, 0.5) is 17.1 Å². The number of hydrogen-bond donors (Lipinski definition) is 0. The summed E-state index contributed by atoms with van der Waals surface area (Å²) in [5, 5.41) is 2.23. The van der Waals surface area contributed by atoms with Crippen LogP contribution in [0.2, 0.25) is 0 Å². The van der Waals surface area contributed by atoms with Gasteiger partial charge in [-0.3, -0.25) is 0 Å². The number of anilines is 3. The highest BCUT2D eigenvalue weighted by molar-refractivity contribution is 6.13. The van der Waals surface area contributed by atoms with Crippen molar-refractivity contribution < 1.29 is 4.42 Å². The quantitative estimate of drug-likeness (QED) is 0.174. The maximum Gasteiger partial charge on any atom is 0.137 e. The first-order valence-corrected chi connectivity index (χ1v) is 20.5. The molecule has 2 heteroatoms. The van der Waals surface area contributed by atoms with Crippen LogP contribution in [0, 0.1) is 0 Å². The summed E-state index contributed by atoms with van der Waals surface area (Å²) >= 11 is 0. The lowest BCUT2D eigenvalue weighted by molar-refractivity contribution is 0.587. The third-order valence-electron chi connectivity index (χ3n) is 13.1. The Morgan fingerprint density at radius 3 is 1.74 bits per heavy atom. The Kier molecular flexibility index (Phi) is 7.41. The van der Waals surface area contributed by atoms with Crippen LogP contribution in [0.1, 0.15) is 73.6 Å². The molecule has 0 aliphatic heterocycles. The lowest BCUT2D eigenvalue weighted by atomic mass is 9.67. The first-order chi connectivity index (χ1) is 28.2. The van der Waals surface area contributed by atoms with Gasteiger partial charge < -0.3 is 9.32 Å². The van der Waals surface area contributed by atoms with Crippen LogP contribution in [0.5, 0.6) is 0 Å². The van der Waals surface area contributed by atoms with Crippen molar-refractivity contribution in [3.05, 3.63) is 221 Å². The summed E-state index contributed by atoms with van der Waals surface area (Å²) in [6.07, 6.45) is 0. The van der Waals surface area contributed by atoms with Gasteiger partial charge in [-0.1, -0.05) is 174 Å². The van der Waals surface area contributed by atoms with Crippen LogP contribution in [-0.4, -0.2) is 0 Å². The maximum atomic E-state index is 6.73. The van der Waals surface area contributed by atoms with Crippen LogP contribution >= 0.6 is 0 Å². The van der Waals surface area contributed by atoms with E-state index in [1.54, 1.807) is 0 Å². The molecule has 0 unspecified atom stereocenters. The predicted octanol–water partition coefficient (Wildman–Crippen LogP) is 15.0. The SMILES string of the molecule is CC(C)(C)c1ccc2c(c1)oc1cccc(N(c3cccc(C4(c5ccccc5)c5ccccc5-c5ccccc54)c3)c3ccc4c(c3)C(C)(C)c3ccccc3-4)c12. The van der Waals surface area contributed by atoms with Crippen LogP contribution in [0.15, 0.2) is 186 Å². The largest absolute Gasteiger partial charge is 0.456 e. The van der Waals surface area contributed by atoms with Crippen molar-refractivity contribution >= 4 is 39.0 Å². The number of hydrogen-bond acceptors (Lipinski definition) is 2. The van der Waals surface area contributed by atoms with Gasteiger partial charge in [-0.15, -0.1) is 0 Å². The molecule has 0 saturated carbocycles. The van der Waals surface area contributed by atoms with Crippen molar-refractivity contribution in [1.82, 2.24) is 0 Å². The Bertz CT molecular complexity index is 3040. The molecule has 1 aromatic heterocycles. The number of benzene rings is 8. The fraction of sp³-hybridized carbons (Fsp3) is 0.143. The maximum absolute atomic E-state index is 6.73. The van der Waals surface area contributed by atoms with E-state index in [2.05, 4.69) is 222 Å². The highest BCUT2D eigenvalue weighted by atomic mass is 16.3. The predicted molar refractivity (Wildman–Crippen MR) is 242 cm³/mol. The minimum Gasteiger partial charge on any atom is -0.456 e. The molecule has 0 spiro atoms. The second kappa shape index (κ2) is 12.4. The minimum absolute atomic E-state index is 0.00343. The lowest BCUT2D eigenvalue weighted by Gasteiger charge is -2.35. The molecule has 1 heterocycles. The highest BCUT2D eigenvalue weighted by Crippen LogP contribution is 2.57. The van der Waals surface area contributed by atoms with Gasteiger partial charge in [0.15, 0.2) is 0 Å². The fourth-order valence-electron chi connectivity index (χ4n) is 10.3. The molecule has 11 rings (SSSR count). The van der Waals surface area contributed by atoms with Gasteiger partial charge in [0.25, 0.3) is 0 Å². The Hall–Kier alpha value is -6.64. The van der Waals surface area contributed by atoms with Crippen molar-refractivity contribution in [1.29, 1.82) is 0 Å². The molecule has 0 N–H and O–H groups in total. The summed E-state index contributed by atoms with van der Waals surface area (Å²) in [7, 11) is 0. The molecule has 9 aromatic rings. The van der Waals surface area contributed by atoms with Gasteiger partial charge in [0.1, 0.15) is 11.2 Å². The zero-order valence-electron chi connectivity index (χ0n) is 33.7. The second-order valence-electron chi connectivity index (χ2n) is 17.7. The van der Waals surface area contributed by atoms with Crippen molar-refractivity contribution in [2.24, 2.45) is 0 Å². The molecule has 2 nitrogen and oxygen atoms in total. The molecule has 0 radical (unpaired) electrons. The third kappa shape index (κ3) is 4.84. The van der Waals surface area contributed by atoms with E-state index in [0.717, 1.165) is 39.0 Å². The van der Waals surface area contributed by atoms with Gasteiger partial charge in [-0.2, -0.15) is 0 Å². The lowest BCUT2D eigenvalue weighted by Crippen LogP contribution is -2.28. The summed E-state index contributed by atoms with van der Waals surface area (Å²) in [6.45, 7) is 11.5. The highest BCUT2D eigenvalue weighted by Gasteiger charge is 2.46. The third-order valence-corrected chi connectivity index (χ3v) is 13.1. The second-order valence-corrected chi connectivity index (χ2v) is 17.7. The molecular formula is C56H45NO. The molecular weight excluding hydrogens is 703 g/mol. The van der Waals surface area contributed by atoms with Gasteiger partial charge in [-0.25, -0.2) is 0 Å². The summed E-state index contributed by atoms with van der Waals surface area (Å²) in [5.41, 5.74) is 18.7. The summed E-state index contributed by atoms with van der Waals surface area (Å²) < 4.78 is 6.73. The Morgan fingerprint density at radius 1 is 0.448 bits per heavy atom. The molecule has 0 amide bonds. The number of furan rings is 1. The molecule has 2 aliphatic rings. The van der Waals surface area contributed by atoms with Crippen LogP contribution in [0.25, 0.3) is 44.2 Å². The topological polar surface area (TPSA) is 16.4 Å². The average Bonchev–Trinajstić information content (AvgIpc) is 3.85. The normalized spacial score (nSPS) is 14.6. The molecule has 8 aromatic carbocycles. The standard InChI is InChI=1S/C56H45NO/c1-54(2,3)37-29-31-45-52(34-37)58-51-28-16-27-50(53(45)51)57(40-30-32-44-41-21-9-12-24-46(41)55(4,5)49(44)35-40)39-20-15-19-38(33-39)56(36-17-7-6-8-18-36)47-25-13-10-22-42(47)43-23-11-14-26-48(43)56/h6-35H,1-5H3. The average molecular weight is 748 g/mol. The zero-order valence-corrected chi connectivity index (χ0v) is 33.7. The van der Waals surface area contributed by atoms with E-state index >= 15 is 0 Å². The Morgan fingerprint density at radius 2 is 1.03 bits per heavy atom. The van der Waals surface area contributed by atoms with E-state index in [4.69, 9.17) is 4.42 Å². The van der Waals surface area contributed by atoms with E-state index in [-0.39, 0.29) is 10.8 Å². The minimum atomic E-state index is -0.518. The van der Waals surface area contributed by atoms with Crippen LogP contribution in [-0.2, 0) is 16.2 Å². The van der Waals surface area contributed by atoms with Gasteiger partial charge in [0.2, 0.25) is 0 Å². The van der Waals surface area contributed by atoms with Crippen molar-refractivity contribution in [3.8, 4) is 22.3 Å². The van der Waals surface area contributed by atoms with Gasteiger partial charge in [0, 0.05) is 22.2 Å². The number of fused-ring (bicyclic) bond motifs is 9. The van der Waals surface area contributed by atoms with Crippen molar-refractivity contribution in [3.63, 3.8) is 0 Å². The zero-order chi connectivity index (χ0) is 39.4. The van der Waals surface area contributed by atoms with E-state index in [0.29, 0.717) is 0 Å². The molecule has 2 aliphatic carbocycles. The number of rotatable bonds is 5. The Labute approximate surface area is 341 Å². The number of nitrogens with zero attached hydrogens (tertiary/aromatic N) is 1.